The van der Waals surface area contributed by atoms with E-state index in [1.807, 2.05) is 0 Å². The van der Waals surface area contributed by atoms with Crippen LogP contribution in [0.4, 0.5) is 10.5 Å². The number of carbonyl (C=O) groups excluding carboxylic acids is 2. The molecule has 0 spiro atoms. The van der Waals surface area contributed by atoms with Crippen molar-refractivity contribution in [3.63, 3.8) is 0 Å². The fourth-order valence-corrected chi connectivity index (χ4v) is 2.18. The second-order valence-electron chi connectivity index (χ2n) is 5.79. The summed E-state index contributed by atoms with van der Waals surface area (Å²) < 4.78 is 5.30. The van der Waals surface area contributed by atoms with Gasteiger partial charge in [-0.25, -0.2) is 4.79 Å². The molecule has 1 aliphatic rings. The Morgan fingerprint density at radius 2 is 2.05 bits per heavy atom. The second kappa shape index (κ2) is 4.70. The molecule has 0 saturated carbocycles. The number of aromatic hydroxyl groups is 1. The highest BCUT2D eigenvalue weighted by atomic mass is 16.6. The summed E-state index contributed by atoms with van der Waals surface area (Å²) >= 11 is 0. The minimum Gasteiger partial charge on any atom is -0.508 e. The monoisotopic (exact) mass is 278 g/mol. The van der Waals surface area contributed by atoms with Crippen LogP contribution in [0, 0.1) is 0 Å². The minimum absolute atomic E-state index is 0.0161. The van der Waals surface area contributed by atoms with E-state index in [0.717, 1.165) is 5.56 Å². The van der Waals surface area contributed by atoms with Crippen molar-refractivity contribution in [2.45, 2.75) is 38.8 Å². The zero-order valence-electron chi connectivity index (χ0n) is 11.7. The lowest BCUT2D eigenvalue weighted by atomic mass is 10.1. The number of phenols is 1. The van der Waals surface area contributed by atoms with Gasteiger partial charge in [0.2, 0.25) is 5.91 Å². The first kappa shape index (κ1) is 14.2. The molecule has 20 heavy (non-hydrogen) atoms. The molecule has 1 heterocycles. The van der Waals surface area contributed by atoms with Gasteiger partial charge in [0.05, 0.1) is 5.69 Å². The lowest BCUT2D eigenvalue weighted by Crippen LogP contribution is -2.47. The van der Waals surface area contributed by atoms with Crippen molar-refractivity contribution in [1.29, 1.82) is 0 Å². The summed E-state index contributed by atoms with van der Waals surface area (Å²) in [6.07, 6.45) is -0.324. The van der Waals surface area contributed by atoms with Crippen molar-refractivity contribution < 1.29 is 19.4 Å². The van der Waals surface area contributed by atoms with Gasteiger partial charge in [-0.05, 0) is 32.4 Å². The molecule has 2 rings (SSSR count). The van der Waals surface area contributed by atoms with Crippen molar-refractivity contribution in [1.82, 2.24) is 0 Å². The van der Waals surface area contributed by atoms with Crippen LogP contribution in [0.3, 0.4) is 0 Å². The Morgan fingerprint density at radius 1 is 1.40 bits per heavy atom. The number of hydrogen-bond donors (Lipinski definition) is 2. The third kappa shape index (κ3) is 2.68. The van der Waals surface area contributed by atoms with Gasteiger partial charge in [0.15, 0.2) is 0 Å². The van der Waals surface area contributed by atoms with Crippen LogP contribution in [0.1, 0.15) is 26.3 Å². The summed E-state index contributed by atoms with van der Waals surface area (Å²) in [7, 11) is 0. The van der Waals surface area contributed by atoms with Gasteiger partial charge in [-0.2, -0.15) is 0 Å². The van der Waals surface area contributed by atoms with Crippen LogP contribution in [0.25, 0.3) is 0 Å². The molecular formula is C14H18N2O4. The Balaban J connectivity index is 2.39. The van der Waals surface area contributed by atoms with Gasteiger partial charge in [0.25, 0.3) is 0 Å². The number of primary amides is 1. The van der Waals surface area contributed by atoms with Crippen LogP contribution in [-0.4, -0.2) is 28.7 Å². The summed E-state index contributed by atoms with van der Waals surface area (Å²) in [5, 5.41) is 9.56. The van der Waals surface area contributed by atoms with Crippen LogP contribution in [-0.2, 0) is 16.0 Å². The van der Waals surface area contributed by atoms with E-state index in [2.05, 4.69) is 0 Å². The number of fused-ring (bicyclic) bond motifs is 1. The molecule has 0 fully saturated rings. The minimum atomic E-state index is -0.790. The van der Waals surface area contributed by atoms with Crippen LogP contribution in [0.15, 0.2) is 18.2 Å². The van der Waals surface area contributed by atoms with Crippen molar-refractivity contribution in [2.75, 3.05) is 4.90 Å². The smallest absolute Gasteiger partial charge is 0.415 e. The van der Waals surface area contributed by atoms with Crippen LogP contribution < -0.4 is 10.6 Å². The van der Waals surface area contributed by atoms with Crippen LogP contribution in [0.5, 0.6) is 5.75 Å². The molecule has 3 N–H and O–H groups in total. The summed E-state index contributed by atoms with van der Waals surface area (Å²) in [6, 6.07) is 3.82. The Labute approximate surface area is 117 Å². The Hall–Kier alpha value is -2.24. The van der Waals surface area contributed by atoms with E-state index in [-0.39, 0.29) is 5.75 Å². The number of benzene rings is 1. The summed E-state index contributed by atoms with van der Waals surface area (Å²) in [5.74, 6) is -0.589. The van der Waals surface area contributed by atoms with Crippen LogP contribution >= 0.6 is 0 Å². The van der Waals surface area contributed by atoms with E-state index in [1.165, 1.54) is 17.0 Å². The molecule has 0 aliphatic carbocycles. The number of nitrogens with two attached hydrogens (primary N) is 1. The molecule has 1 aromatic carbocycles. The maximum atomic E-state index is 12.3. The number of amides is 2. The fourth-order valence-electron chi connectivity index (χ4n) is 2.18. The predicted molar refractivity (Wildman–Crippen MR) is 73.5 cm³/mol. The van der Waals surface area contributed by atoms with Gasteiger partial charge in [-0.3, -0.25) is 9.69 Å². The van der Waals surface area contributed by atoms with Gasteiger partial charge in [0.1, 0.15) is 17.4 Å². The lowest BCUT2D eigenvalue weighted by molar-refractivity contribution is -0.119. The standard InChI is InChI=1S/C14H18N2O4/c1-14(2,3)20-13(19)16-10-7-9(17)5-4-8(10)6-11(16)12(15)18/h4-5,7,11,17H,6H2,1-3H3,(H2,15,18)/t11-/m0/s1. The third-order valence-electron chi connectivity index (χ3n) is 2.97. The topological polar surface area (TPSA) is 92.9 Å². The lowest BCUT2D eigenvalue weighted by Gasteiger charge is -2.27. The van der Waals surface area contributed by atoms with Gasteiger partial charge in [0, 0.05) is 12.5 Å². The number of hydrogen-bond acceptors (Lipinski definition) is 4. The Kier molecular flexibility index (Phi) is 3.33. The van der Waals surface area contributed by atoms with Crippen molar-refractivity contribution in [3.8, 4) is 5.75 Å². The van der Waals surface area contributed by atoms with Crippen molar-refractivity contribution in [2.24, 2.45) is 5.73 Å². The Morgan fingerprint density at radius 3 is 2.60 bits per heavy atom. The average Bonchev–Trinajstić information content (AvgIpc) is 2.65. The molecule has 1 aliphatic heterocycles. The first-order chi connectivity index (χ1) is 9.19. The predicted octanol–water partition coefficient (Wildman–Crippen LogP) is 1.54. The molecule has 6 heteroatoms. The van der Waals surface area contributed by atoms with Gasteiger partial charge >= 0.3 is 6.09 Å². The average molecular weight is 278 g/mol. The highest BCUT2D eigenvalue weighted by molar-refractivity contribution is 6.00. The molecule has 0 bridgehead atoms. The normalized spacial score (nSPS) is 17.8. The summed E-state index contributed by atoms with van der Waals surface area (Å²) in [6.45, 7) is 5.22. The second-order valence-corrected chi connectivity index (χ2v) is 5.79. The number of anilines is 1. The van der Waals surface area contributed by atoms with Crippen molar-refractivity contribution >= 4 is 17.7 Å². The third-order valence-corrected chi connectivity index (χ3v) is 2.97. The highest BCUT2D eigenvalue weighted by Crippen LogP contribution is 2.35. The quantitative estimate of drug-likeness (QED) is 0.815. The number of ether oxygens (including phenoxy) is 1. The van der Waals surface area contributed by atoms with Gasteiger partial charge in [-0.1, -0.05) is 6.07 Å². The zero-order chi connectivity index (χ0) is 15.1. The zero-order valence-corrected chi connectivity index (χ0v) is 11.7. The first-order valence-corrected chi connectivity index (χ1v) is 6.32. The van der Waals surface area contributed by atoms with E-state index < -0.39 is 23.6 Å². The SMILES string of the molecule is CC(C)(C)OC(=O)N1c2cc(O)ccc2C[C@H]1C(N)=O. The molecule has 1 atom stereocenters. The number of nitrogens with zero attached hydrogens (tertiary/aromatic N) is 1. The molecule has 0 saturated heterocycles. The van der Waals surface area contributed by atoms with E-state index >= 15 is 0 Å². The first-order valence-electron chi connectivity index (χ1n) is 6.32. The molecule has 0 radical (unpaired) electrons. The van der Waals surface area contributed by atoms with Gasteiger partial charge in [-0.15, -0.1) is 0 Å². The van der Waals surface area contributed by atoms with E-state index in [4.69, 9.17) is 10.5 Å². The summed E-state index contributed by atoms with van der Waals surface area (Å²) in [4.78, 5) is 25.0. The molecule has 1 aromatic rings. The fraction of sp³-hybridized carbons (Fsp3) is 0.429. The van der Waals surface area contributed by atoms with Crippen LogP contribution in [0.2, 0.25) is 0 Å². The molecule has 0 aromatic heterocycles. The molecule has 2 amide bonds. The molecular weight excluding hydrogens is 260 g/mol. The maximum Gasteiger partial charge on any atom is 0.415 e. The Bertz CT molecular complexity index is 563. The van der Waals surface area contributed by atoms with E-state index in [1.54, 1.807) is 26.8 Å². The van der Waals surface area contributed by atoms with E-state index in [9.17, 15) is 14.7 Å². The maximum absolute atomic E-state index is 12.3. The largest absolute Gasteiger partial charge is 0.508 e. The number of carbonyl (C=O) groups is 2. The van der Waals surface area contributed by atoms with E-state index in [0.29, 0.717) is 12.1 Å². The molecule has 6 nitrogen and oxygen atoms in total. The highest BCUT2D eigenvalue weighted by Gasteiger charge is 2.39. The van der Waals surface area contributed by atoms with Gasteiger partial charge < -0.3 is 15.6 Å². The summed E-state index contributed by atoms with van der Waals surface area (Å²) in [5.41, 5.74) is 5.91. The van der Waals surface area contributed by atoms with Crippen molar-refractivity contribution in [3.05, 3.63) is 23.8 Å². The molecule has 0 unspecified atom stereocenters. The number of rotatable bonds is 1. The number of phenolic OH excluding ortho intramolecular Hbond substituents is 1. The molecule has 108 valence electrons.